The molecule has 1 fully saturated rings. The summed E-state index contributed by atoms with van der Waals surface area (Å²) in [5.41, 5.74) is 1.51. The zero-order chi connectivity index (χ0) is 14.7. The Morgan fingerprint density at radius 2 is 2.20 bits per heavy atom. The van der Waals surface area contributed by atoms with Crippen molar-refractivity contribution < 1.29 is 19.1 Å². The third-order valence-electron chi connectivity index (χ3n) is 3.28. The van der Waals surface area contributed by atoms with E-state index in [-0.39, 0.29) is 12.5 Å². The smallest absolute Gasteiger partial charge is 0.331 e. The predicted molar refractivity (Wildman–Crippen MR) is 76.5 cm³/mol. The number of carbonyl (C=O) groups is 2. The first-order valence-electron chi connectivity index (χ1n) is 6.28. The number of esters is 1. The molecule has 1 aliphatic rings. The number of halogens is 1. The number of hydrogen-bond donors (Lipinski definition) is 0. The highest BCUT2D eigenvalue weighted by Gasteiger charge is 2.34. The molecule has 1 heterocycles. The highest BCUT2D eigenvalue weighted by atomic mass is 79.9. The molecule has 5 nitrogen and oxygen atoms in total. The van der Waals surface area contributed by atoms with E-state index in [0.717, 1.165) is 10.0 Å². The van der Waals surface area contributed by atoms with Crippen LogP contribution in [0.3, 0.4) is 0 Å². The molecule has 1 aromatic rings. The quantitative estimate of drug-likeness (QED) is 0.769. The number of aryl methyl sites for hydroxylation is 1. The van der Waals surface area contributed by atoms with Crippen molar-refractivity contribution in [1.29, 1.82) is 0 Å². The first kappa shape index (κ1) is 15.0. The minimum atomic E-state index is -0.686. The van der Waals surface area contributed by atoms with Crippen LogP contribution in [0.2, 0.25) is 0 Å². The number of morpholine rings is 1. The van der Waals surface area contributed by atoms with E-state index in [1.807, 2.05) is 19.1 Å². The van der Waals surface area contributed by atoms with Crippen molar-refractivity contribution in [2.45, 2.75) is 13.0 Å². The molecule has 2 rings (SSSR count). The summed E-state index contributed by atoms with van der Waals surface area (Å²) in [6.07, 6.45) is 0. The first-order chi connectivity index (χ1) is 9.56. The molecule has 1 unspecified atom stereocenters. The van der Waals surface area contributed by atoms with E-state index in [9.17, 15) is 9.59 Å². The Hall–Kier alpha value is -1.40. The van der Waals surface area contributed by atoms with Crippen molar-refractivity contribution in [2.75, 3.05) is 26.9 Å². The Balaban J connectivity index is 2.30. The Morgan fingerprint density at radius 1 is 1.45 bits per heavy atom. The fourth-order valence-electron chi connectivity index (χ4n) is 2.15. The summed E-state index contributed by atoms with van der Waals surface area (Å²) in [4.78, 5) is 25.9. The molecule has 1 aliphatic heterocycles. The Labute approximate surface area is 126 Å². The highest BCUT2D eigenvalue weighted by Crippen LogP contribution is 2.24. The number of hydrogen-bond acceptors (Lipinski definition) is 4. The molecule has 0 N–H and O–H groups in total. The van der Waals surface area contributed by atoms with Gasteiger partial charge in [-0.05, 0) is 34.5 Å². The molecule has 0 aliphatic carbocycles. The fourth-order valence-corrected chi connectivity index (χ4v) is 2.58. The molecule has 20 heavy (non-hydrogen) atoms. The summed E-state index contributed by atoms with van der Waals surface area (Å²) < 4.78 is 10.8. The maximum atomic E-state index is 12.6. The van der Waals surface area contributed by atoms with Gasteiger partial charge in [-0.3, -0.25) is 4.79 Å². The lowest BCUT2D eigenvalue weighted by Gasteiger charge is -2.34. The van der Waals surface area contributed by atoms with E-state index < -0.39 is 12.0 Å². The molecule has 0 aromatic heterocycles. The normalized spacial score (nSPS) is 18.8. The number of methoxy groups -OCH3 is 1. The van der Waals surface area contributed by atoms with Crippen molar-refractivity contribution >= 4 is 27.8 Å². The van der Waals surface area contributed by atoms with Crippen LogP contribution in [-0.4, -0.2) is 49.7 Å². The van der Waals surface area contributed by atoms with Gasteiger partial charge in [0.15, 0.2) is 6.04 Å². The van der Waals surface area contributed by atoms with E-state index in [2.05, 4.69) is 15.9 Å². The highest BCUT2D eigenvalue weighted by molar-refractivity contribution is 9.10. The fraction of sp³-hybridized carbons (Fsp3) is 0.429. The SMILES string of the molecule is COC(=O)C1COCCN1C(=O)c1cccc(C)c1Br. The van der Waals surface area contributed by atoms with Gasteiger partial charge in [0, 0.05) is 11.0 Å². The molecular weight excluding hydrogens is 326 g/mol. The second-order valence-corrected chi connectivity index (χ2v) is 5.34. The lowest BCUT2D eigenvalue weighted by molar-refractivity contribution is -0.151. The van der Waals surface area contributed by atoms with Crippen molar-refractivity contribution in [3.05, 3.63) is 33.8 Å². The lowest BCUT2D eigenvalue weighted by Crippen LogP contribution is -2.53. The molecule has 0 bridgehead atoms. The van der Waals surface area contributed by atoms with E-state index >= 15 is 0 Å². The van der Waals surface area contributed by atoms with Gasteiger partial charge in [0.25, 0.3) is 5.91 Å². The summed E-state index contributed by atoms with van der Waals surface area (Å²) in [6.45, 7) is 2.88. The van der Waals surface area contributed by atoms with Crippen LogP contribution in [0.5, 0.6) is 0 Å². The number of rotatable bonds is 2. The molecule has 1 atom stereocenters. The number of benzene rings is 1. The average Bonchev–Trinajstić information content (AvgIpc) is 2.48. The van der Waals surface area contributed by atoms with Gasteiger partial charge in [-0.15, -0.1) is 0 Å². The van der Waals surface area contributed by atoms with Gasteiger partial charge in [0.05, 0.1) is 25.9 Å². The van der Waals surface area contributed by atoms with Gasteiger partial charge in [0.2, 0.25) is 0 Å². The Morgan fingerprint density at radius 3 is 2.90 bits per heavy atom. The minimum Gasteiger partial charge on any atom is -0.467 e. The number of ether oxygens (including phenoxy) is 2. The van der Waals surface area contributed by atoms with Crippen LogP contribution >= 0.6 is 15.9 Å². The molecule has 108 valence electrons. The van der Waals surface area contributed by atoms with Crippen molar-refractivity contribution in [2.24, 2.45) is 0 Å². The van der Waals surface area contributed by atoms with Gasteiger partial charge >= 0.3 is 5.97 Å². The van der Waals surface area contributed by atoms with Crippen molar-refractivity contribution in [3.63, 3.8) is 0 Å². The zero-order valence-corrected chi connectivity index (χ0v) is 13.0. The van der Waals surface area contributed by atoms with Gasteiger partial charge in [-0.1, -0.05) is 12.1 Å². The van der Waals surface area contributed by atoms with Gasteiger partial charge < -0.3 is 14.4 Å². The number of carbonyl (C=O) groups excluding carboxylic acids is 2. The van der Waals surface area contributed by atoms with Crippen molar-refractivity contribution in [3.8, 4) is 0 Å². The summed E-state index contributed by atoms with van der Waals surface area (Å²) in [7, 11) is 1.31. The Bertz CT molecular complexity index is 532. The van der Waals surface area contributed by atoms with Crippen molar-refractivity contribution in [1.82, 2.24) is 4.90 Å². The average molecular weight is 342 g/mol. The molecule has 0 spiro atoms. The third-order valence-corrected chi connectivity index (χ3v) is 4.34. The van der Waals surface area contributed by atoms with E-state index in [4.69, 9.17) is 9.47 Å². The molecule has 1 saturated heterocycles. The molecule has 1 amide bonds. The first-order valence-corrected chi connectivity index (χ1v) is 7.07. The summed E-state index contributed by atoms with van der Waals surface area (Å²) in [6, 6.07) is 4.79. The summed E-state index contributed by atoms with van der Waals surface area (Å²) >= 11 is 3.43. The minimum absolute atomic E-state index is 0.169. The standard InChI is InChI=1S/C14H16BrNO4/c1-9-4-3-5-10(12(9)15)13(17)16-6-7-20-8-11(16)14(18)19-2/h3-5,11H,6-8H2,1-2H3. The summed E-state index contributed by atoms with van der Waals surface area (Å²) in [5, 5.41) is 0. The third kappa shape index (κ3) is 2.86. The number of amides is 1. The predicted octanol–water partition coefficient (Wildman–Crippen LogP) is 1.77. The zero-order valence-electron chi connectivity index (χ0n) is 11.4. The van der Waals surface area contributed by atoms with Crippen LogP contribution in [-0.2, 0) is 14.3 Å². The molecule has 6 heteroatoms. The van der Waals surface area contributed by atoms with Crippen LogP contribution in [0.15, 0.2) is 22.7 Å². The topological polar surface area (TPSA) is 55.8 Å². The van der Waals surface area contributed by atoms with E-state index in [0.29, 0.717) is 18.7 Å². The van der Waals surface area contributed by atoms with Gasteiger partial charge in [-0.2, -0.15) is 0 Å². The second-order valence-electron chi connectivity index (χ2n) is 4.55. The summed E-state index contributed by atoms with van der Waals surface area (Å²) in [5.74, 6) is -0.652. The monoisotopic (exact) mass is 341 g/mol. The number of nitrogens with zero attached hydrogens (tertiary/aromatic N) is 1. The van der Waals surface area contributed by atoms with Crippen LogP contribution in [0.4, 0.5) is 0 Å². The van der Waals surface area contributed by atoms with E-state index in [1.165, 1.54) is 12.0 Å². The van der Waals surface area contributed by atoms with Gasteiger partial charge in [0.1, 0.15) is 0 Å². The molecular formula is C14H16BrNO4. The van der Waals surface area contributed by atoms with Gasteiger partial charge in [-0.25, -0.2) is 4.79 Å². The van der Waals surface area contributed by atoms with Crippen LogP contribution in [0.25, 0.3) is 0 Å². The second kappa shape index (κ2) is 6.37. The largest absolute Gasteiger partial charge is 0.467 e. The molecule has 0 radical (unpaired) electrons. The maximum absolute atomic E-state index is 12.6. The Kier molecular flexibility index (Phi) is 4.77. The van der Waals surface area contributed by atoms with Crippen LogP contribution < -0.4 is 0 Å². The lowest BCUT2D eigenvalue weighted by atomic mass is 10.1. The molecule has 0 saturated carbocycles. The molecule has 1 aromatic carbocycles. The maximum Gasteiger partial charge on any atom is 0.331 e. The van der Waals surface area contributed by atoms with E-state index in [1.54, 1.807) is 6.07 Å². The van der Waals surface area contributed by atoms with Crippen LogP contribution in [0.1, 0.15) is 15.9 Å². The van der Waals surface area contributed by atoms with Crippen LogP contribution in [0, 0.1) is 6.92 Å².